The molecule has 0 atom stereocenters. The minimum atomic E-state index is -0.456. The summed E-state index contributed by atoms with van der Waals surface area (Å²) in [5.41, 5.74) is 1.65. The number of methoxy groups -OCH3 is 1. The van der Waals surface area contributed by atoms with Crippen molar-refractivity contribution in [3.8, 4) is 11.5 Å². The summed E-state index contributed by atoms with van der Waals surface area (Å²) in [7, 11) is 1.64. The second-order valence-electron chi connectivity index (χ2n) is 8.20. The standard InChI is InChI=1S/C24H31FN2O3/c1-17(2)30-23-15-19(5-10-22(23)29-4)16-27-13-11-24(12-14-27,26-18(3)28)20-6-8-21(25)9-7-20/h5-10,15,17H,11-14,16H2,1-4H3,(H,26,28). The number of benzene rings is 2. The van der Waals surface area contributed by atoms with Crippen LogP contribution >= 0.6 is 0 Å². The monoisotopic (exact) mass is 414 g/mol. The number of hydrogen-bond donors (Lipinski definition) is 1. The van der Waals surface area contributed by atoms with E-state index in [-0.39, 0.29) is 17.8 Å². The lowest BCUT2D eigenvalue weighted by Crippen LogP contribution is -2.52. The van der Waals surface area contributed by atoms with E-state index in [0.29, 0.717) is 0 Å². The van der Waals surface area contributed by atoms with Crippen molar-refractivity contribution in [2.24, 2.45) is 0 Å². The van der Waals surface area contributed by atoms with Gasteiger partial charge in [0.25, 0.3) is 0 Å². The first-order valence-electron chi connectivity index (χ1n) is 10.4. The zero-order chi connectivity index (χ0) is 21.7. The van der Waals surface area contributed by atoms with Crippen LogP contribution in [0, 0.1) is 5.82 Å². The first-order valence-corrected chi connectivity index (χ1v) is 10.4. The zero-order valence-electron chi connectivity index (χ0n) is 18.2. The summed E-state index contributed by atoms with van der Waals surface area (Å²) in [4.78, 5) is 14.3. The highest BCUT2D eigenvalue weighted by atomic mass is 19.1. The Morgan fingerprint density at radius 1 is 1.13 bits per heavy atom. The van der Waals surface area contributed by atoms with E-state index in [2.05, 4.69) is 16.3 Å². The fourth-order valence-electron chi connectivity index (χ4n) is 4.11. The minimum absolute atomic E-state index is 0.0677. The van der Waals surface area contributed by atoms with Crippen LogP contribution in [0.2, 0.25) is 0 Å². The maximum Gasteiger partial charge on any atom is 0.217 e. The molecule has 1 heterocycles. The van der Waals surface area contributed by atoms with Crippen molar-refractivity contribution in [3.05, 3.63) is 59.4 Å². The van der Waals surface area contributed by atoms with Gasteiger partial charge in [0.05, 0.1) is 18.8 Å². The Bertz CT molecular complexity index is 859. The first kappa shape index (κ1) is 22.1. The van der Waals surface area contributed by atoms with Crippen LogP contribution in [-0.2, 0) is 16.9 Å². The van der Waals surface area contributed by atoms with Crippen molar-refractivity contribution in [1.29, 1.82) is 0 Å². The van der Waals surface area contributed by atoms with Crippen LogP contribution in [0.1, 0.15) is 44.7 Å². The quantitative estimate of drug-likeness (QED) is 0.736. The fourth-order valence-corrected chi connectivity index (χ4v) is 4.11. The van der Waals surface area contributed by atoms with Crippen LogP contribution in [-0.4, -0.2) is 37.1 Å². The minimum Gasteiger partial charge on any atom is -0.493 e. The average Bonchev–Trinajstić information content (AvgIpc) is 2.69. The van der Waals surface area contributed by atoms with Crippen molar-refractivity contribution in [3.63, 3.8) is 0 Å². The van der Waals surface area contributed by atoms with Crippen LogP contribution in [0.25, 0.3) is 0 Å². The number of rotatable bonds is 7. The number of piperidine rings is 1. The molecule has 0 aliphatic carbocycles. The molecular formula is C24H31FN2O3. The predicted octanol–water partition coefficient (Wildman–Crippen LogP) is 4.25. The number of carbonyl (C=O) groups is 1. The average molecular weight is 415 g/mol. The maximum atomic E-state index is 13.4. The summed E-state index contributed by atoms with van der Waals surface area (Å²) in [5.74, 6) is 1.14. The summed E-state index contributed by atoms with van der Waals surface area (Å²) < 4.78 is 24.7. The molecule has 1 aliphatic heterocycles. The zero-order valence-corrected chi connectivity index (χ0v) is 18.2. The molecule has 1 fully saturated rings. The lowest BCUT2D eigenvalue weighted by molar-refractivity contribution is -0.121. The number of amides is 1. The normalized spacial score (nSPS) is 16.3. The molecule has 1 aliphatic rings. The Hall–Kier alpha value is -2.60. The third-order valence-electron chi connectivity index (χ3n) is 5.52. The molecule has 5 nitrogen and oxygen atoms in total. The number of ether oxygens (including phenoxy) is 2. The number of hydrogen-bond acceptors (Lipinski definition) is 4. The summed E-state index contributed by atoms with van der Waals surface area (Å²) >= 11 is 0. The Morgan fingerprint density at radius 2 is 1.80 bits per heavy atom. The highest BCUT2D eigenvalue weighted by molar-refractivity contribution is 5.74. The van der Waals surface area contributed by atoms with E-state index in [4.69, 9.17) is 9.47 Å². The van der Waals surface area contributed by atoms with E-state index >= 15 is 0 Å². The van der Waals surface area contributed by atoms with E-state index in [0.717, 1.165) is 55.1 Å². The van der Waals surface area contributed by atoms with E-state index < -0.39 is 5.54 Å². The van der Waals surface area contributed by atoms with E-state index in [1.807, 2.05) is 26.0 Å². The predicted molar refractivity (Wildman–Crippen MR) is 115 cm³/mol. The van der Waals surface area contributed by atoms with Gasteiger partial charge < -0.3 is 14.8 Å². The van der Waals surface area contributed by atoms with Crippen molar-refractivity contribution in [2.45, 2.75) is 51.8 Å². The van der Waals surface area contributed by atoms with Gasteiger partial charge in [0, 0.05) is 26.6 Å². The summed E-state index contributed by atoms with van der Waals surface area (Å²) in [6, 6.07) is 12.5. The van der Waals surface area contributed by atoms with Gasteiger partial charge in [0.15, 0.2) is 11.5 Å². The maximum absolute atomic E-state index is 13.4. The first-order chi connectivity index (χ1) is 14.3. The summed E-state index contributed by atoms with van der Waals surface area (Å²) in [6.45, 7) is 7.96. The molecule has 30 heavy (non-hydrogen) atoms. The molecular weight excluding hydrogens is 383 g/mol. The summed E-state index contributed by atoms with van der Waals surface area (Å²) in [6.07, 6.45) is 1.60. The molecule has 3 rings (SSSR count). The van der Waals surface area contributed by atoms with Crippen LogP contribution in [0.5, 0.6) is 11.5 Å². The fraction of sp³-hybridized carbons (Fsp3) is 0.458. The molecule has 0 bridgehead atoms. The van der Waals surface area contributed by atoms with Gasteiger partial charge in [-0.3, -0.25) is 9.69 Å². The molecule has 1 N–H and O–H groups in total. The largest absolute Gasteiger partial charge is 0.493 e. The van der Waals surface area contributed by atoms with Gasteiger partial charge in [-0.15, -0.1) is 0 Å². The number of likely N-dealkylation sites (tertiary alicyclic amines) is 1. The van der Waals surface area contributed by atoms with Crippen LogP contribution in [0.4, 0.5) is 4.39 Å². The smallest absolute Gasteiger partial charge is 0.217 e. The number of nitrogens with zero attached hydrogens (tertiary/aromatic N) is 1. The molecule has 1 amide bonds. The van der Waals surface area contributed by atoms with Gasteiger partial charge in [0.1, 0.15) is 5.82 Å². The number of carbonyl (C=O) groups excluding carboxylic acids is 1. The van der Waals surface area contributed by atoms with Gasteiger partial charge in [-0.05, 0) is 62.1 Å². The topological polar surface area (TPSA) is 50.8 Å². The second-order valence-corrected chi connectivity index (χ2v) is 8.20. The van der Waals surface area contributed by atoms with E-state index in [9.17, 15) is 9.18 Å². The van der Waals surface area contributed by atoms with Crippen molar-refractivity contribution < 1.29 is 18.7 Å². The third kappa shape index (κ3) is 5.30. The molecule has 162 valence electrons. The number of halogens is 1. The molecule has 0 unspecified atom stereocenters. The summed E-state index contributed by atoms with van der Waals surface area (Å²) in [5, 5.41) is 3.14. The molecule has 0 aromatic heterocycles. The highest BCUT2D eigenvalue weighted by Gasteiger charge is 2.37. The Balaban J connectivity index is 1.72. The molecule has 0 radical (unpaired) electrons. The van der Waals surface area contributed by atoms with E-state index in [1.165, 1.54) is 19.1 Å². The lowest BCUT2D eigenvalue weighted by atomic mass is 9.80. The van der Waals surface area contributed by atoms with Crippen LogP contribution in [0.15, 0.2) is 42.5 Å². The van der Waals surface area contributed by atoms with Gasteiger partial charge in [0.2, 0.25) is 5.91 Å². The Labute approximate surface area is 178 Å². The molecule has 6 heteroatoms. The Morgan fingerprint density at radius 3 is 2.37 bits per heavy atom. The molecule has 1 saturated heterocycles. The number of nitrogens with one attached hydrogen (secondary N) is 1. The Kier molecular flexibility index (Phi) is 6.98. The third-order valence-corrected chi connectivity index (χ3v) is 5.52. The second kappa shape index (κ2) is 9.47. The van der Waals surface area contributed by atoms with Gasteiger partial charge in [-0.1, -0.05) is 18.2 Å². The van der Waals surface area contributed by atoms with Crippen molar-refractivity contribution in [1.82, 2.24) is 10.2 Å². The SMILES string of the molecule is COc1ccc(CN2CCC(NC(C)=O)(c3ccc(F)cc3)CC2)cc1OC(C)C. The lowest BCUT2D eigenvalue weighted by Gasteiger charge is -2.42. The van der Waals surface area contributed by atoms with E-state index in [1.54, 1.807) is 19.2 Å². The van der Waals surface area contributed by atoms with Crippen molar-refractivity contribution >= 4 is 5.91 Å². The molecule has 2 aromatic rings. The van der Waals surface area contributed by atoms with Crippen LogP contribution in [0.3, 0.4) is 0 Å². The molecule has 0 saturated carbocycles. The van der Waals surface area contributed by atoms with Gasteiger partial charge >= 0.3 is 0 Å². The van der Waals surface area contributed by atoms with Gasteiger partial charge in [-0.2, -0.15) is 0 Å². The molecule has 0 spiro atoms. The van der Waals surface area contributed by atoms with Crippen molar-refractivity contribution in [2.75, 3.05) is 20.2 Å². The van der Waals surface area contributed by atoms with Crippen LogP contribution < -0.4 is 14.8 Å². The molecule has 2 aromatic carbocycles. The highest BCUT2D eigenvalue weighted by Crippen LogP contribution is 2.35. The van der Waals surface area contributed by atoms with Gasteiger partial charge in [-0.25, -0.2) is 4.39 Å².